The first-order chi connectivity index (χ1) is 7.61. The Kier molecular flexibility index (Phi) is 4.95. The number of hydrogen-bond donors (Lipinski definition) is 1. The van der Waals surface area contributed by atoms with E-state index < -0.39 is 0 Å². The van der Waals surface area contributed by atoms with Crippen molar-refractivity contribution < 1.29 is 0 Å². The molecule has 1 aromatic rings. The lowest BCUT2D eigenvalue weighted by molar-refractivity contribution is 0.610. The Balaban J connectivity index is 2.98. The summed E-state index contributed by atoms with van der Waals surface area (Å²) in [4.78, 5) is 13.8. The monoisotopic (exact) mass is 288 g/mol. The van der Waals surface area contributed by atoms with Gasteiger partial charge < -0.3 is 10.6 Å². The van der Waals surface area contributed by atoms with Crippen LogP contribution in [-0.4, -0.2) is 29.9 Å². The summed E-state index contributed by atoms with van der Waals surface area (Å²) in [6, 6.07) is 0. The fraction of sp³-hybridized carbons (Fsp3) is 0.600. The molecule has 0 fully saturated rings. The minimum Gasteiger partial charge on any atom is -0.372 e. The van der Waals surface area contributed by atoms with Gasteiger partial charge in [0.25, 0.3) is 5.56 Å². The van der Waals surface area contributed by atoms with Gasteiger partial charge in [-0.25, -0.2) is 4.68 Å². The van der Waals surface area contributed by atoms with Gasteiger partial charge in [-0.05, 0) is 35.8 Å². The second-order valence-corrected chi connectivity index (χ2v) is 4.32. The molecule has 6 heteroatoms. The van der Waals surface area contributed by atoms with Gasteiger partial charge in [0.2, 0.25) is 0 Å². The fourth-order valence-electron chi connectivity index (χ4n) is 1.40. The minimum absolute atomic E-state index is 0.0976. The van der Waals surface area contributed by atoms with Crippen LogP contribution in [0, 0.1) is 0 Å². The molecule has 0 unspecified atom stereocenters. The molecule has 0 saturated heterocycles. The lowest BCUT2D eigenvalue weighted by Gasteiger charge is -2.19. The zero-order chi connectivity index (χ0) is 12.1. The first kappa shape index (κ1) is 13.2. The quantitative estimate of drug-likeness (QED) is 0.871. The Morgan fingerprint density at radius 2 is 2.31 bits per heavy atom. The van der Waals surface area contributed by atoms with E-state index in [1.54, 1.807) is 6.20 Å². The second-order valence-electron chi connectivity index (χ2n) is 3.53. The van der Waals surface area contributed by atoms with Crippen LogP contribution in [0.3, 0.4) is 0 Å². The number of nitrogens with zero attached hydrogens (tertiary/aromatic N) is 3. The molecule has 0 radical (unpaired) electrons. The van der Waals surface area contributed by atoms with E-state index in [-0.39, 0.29) is 5.56 Å². The zero-order valence-electron chi connectivity index (χ0n) is 9.61. The summed E-state index contributed by atoms with van der Waals surface area (Å²) in [6.07, 6.45) is 2.59. The standard InChI is InChI=1S/C10H17BrN4O/c1-3-15-10(16)9(11)8(7-13-15)14(2)6-4-5-12/h7H,3-6,12H2,1-2H3. The molecule has 0 aliphatic rings. The van der Waals surface area contributed by atoms with E-state index in [9.17, 15) is 4.79 Å². The number of halogens is 1. The van der Waals surface area contributed by atoms with Crippen LogP contribution < -0.4 is 16.2 Å². The fourth-order valence-corrected chi connectivity index (χ4v) is 2.01. The Hall–Kier alpha value is -0.880. The van der Waals surface area contributed by atoms with E-state index in [4.69, 9.17) is 5.73 Å². The lowest BCUT2D eigenvalue weighted by atomic mass is 10.3. The van der Waals surface area contributed by atoms with Gasteiger partial charge >= 0.3 is 0 Å². The molecular formula is C10H17BrN4O. The smallest absolute Gasteiger partial charge is 0.283 e. The number of nitrogens with two attached hydrogens (primary N) is 1. The number of hydrogen-bond acceptors (Lipinski definition) is 4. The van der Waals surface area contributed by atoms with Crippen LogP contribution >= 0.6 is 15.9 Å². The Labute approximate surface area is 103 Å². The molecule has 16 heavy (non-hydrogen) atoms. The van der Waals surface area contributed by atoms with Gasteiger partial charge in [0.05, 0.1) is 11.9 Å². The van der Waals surface area contributed by atoms with Crippen molar-refractivity contribution in [3.63, 3.8) is 0 Å². The summed E-state index contributed by atoms with van der Waals surface area (Å²) in [7, 11) is 1.92. The topological polar surface area (TPSA) is 64.2 Å². The van der Waals surface area contributed by atoms with Gasteiger partial charge in [-0.1, -0.05) is 0 Å². The molecule has 90 valence electrons. The highest BCUT2D eigenvalue weighted by molar-refractivity contribution is 9.10. The average molecular weight is 289 g/mol. The molecule has 0 bridgehead atoms. The molecule has 0 aromatic carbocycles. The third kappa shape index (κ3) is 2.82. The maximum Gasteiger partial charge on any atom is 0.283 e. The number of aromatic nitrogens is 2. The van der Waals surface area contributed by atoms with Crippen LogP contribution in [0.2, 0.25) is 0 Å². The zero-order valence-corrected chi connectivity index (χ0v) is 11.2. The summed E-state index contributed by atoms with van der Waals surface area (Å²) >= 11 is 3.32. The summed E-state index contributed by atoms with van der Waals surface area (Å²) in [5, 5.41) is 4.09. The molecule has 0 amide bonds. The molecule has 0 aliphatic carbocycles. The van der Waals surface area contributed by atoms with E-state index in [0.29, 0.717) is 17.6 Å². The second kappa shape index (κ2) is 6.00. The van der Waals surface area contributed by atoms with Crippen molar-refractivity contribution in [1.29, 1.82) is 0 Å². The van der Waals surface area contributed by atoms with Crippen LogP contribution in [0.5, 0.6) is 0 Å². The third-order valence-electron chi connectivity index (χ3n) is 2.37. The van der Waals surface area contributed by atoms with E-state index in [1.165, 1.54) is 4.68 Å². The first-order valence-corrected chi connectivity index (χ1v) is 6.08. The molecule has 2 N–H and O–H groups in total. The highest BCUT2D eigenvalue weighted by Gasteiger charge is 2.11. The van der Waals surface area contributed by atoms with Gasteiger partial charge in [-0.2, -0.15) is 5.10 Å². The van der Waals surface area contributed by atoms with Crippen molar-refractivity contribution in [2.24, 2.45) is 5.73 Å². The van der Waals surface area contributed by atoms with Gasteiger partial charge in [0, 0.05) is 20.1 Å². The molecule has 0 aliphatic heterocycles. The largest absolute Gasteiger partial charge is 0.372 e. The highest BCUT2D eigenvalue weighted by atomic mass is 79.9. The molecule has 0 spiro atoms. The lowest BCUT2D eigenvalue weighted by Crippen LogP contribution is -2.28. The third-order valence-corrected chi connectivity index (χ3v) is 3.12. The SMILES string of the molecule is CCn1ncc(N(C)CCCN)c(Br)c1=O. The van der Waals surface area contributed by atoms with Crippen molar-refractivity contribution in [1.82, 2.24) is 9.78 Å². The molecule has 1 aromatic heterocycles. The summed E-state index contributed by atoms with van der Waals surface area (Å²) in [5.41, 5.74) is 6.16. The molecule has 1 rings (SSSR count). The van der Waals surface area contributed by atoms with Crippen molar-refractivity contribution in [2.75, 3.05) is 25.0 Å². The minimum atomic E-state index is -0.0976. The predicted molar refractivity (Wildman–Crippen MR) is 68.8 cm³/mol. The van der Waals surface area contributed by atoms with Gasteiger partial charge in [-0.15, -0.1) is 0 Å². The summed E-state index contributed by atoms with van der Waals surface area (Å²) < 4.78 is 1.98. The van der Waals surface area contributed by atoms with Crippen LogP contribution in [0.15, 0.2) is 15.5 Å². The van der Waals surface area contributed by atoms with Crippen molar-refractivity contribution >= 4 is 21.6 Å². The number of rotatable bonds is 5. The van der Waals surface area contributed by atoms with Crippen molar-refractivity contribution in [3.8, 4) is 0 Å². The Morgan fingerprint density at radius 1 is 1.62 bits per heavy atom. The maximum absolute atomic E-state index is 11.8. The van der Waals surface area contributed by atoms with Crippen LogP contribution in [-0.2, 0) is 6.54 Å². The van der Waals surface area contributed by atoms with Gasteiger partial charge in [-0.3, -0.25) is 4.79 Å². The molecule has 0 atom stereocenters. The highest BCUT2D eigenvalue weighted by Crippen LogP contribution is 2.19. The first-order valence-electron chi connectivity index (χ1n) is 5.28. The van der Waals surface area contributed by atoms with E-state index >= 15 is 0 Å². The Morgan fingerprint density at radius 3 is 2.88 bits per heavy atom. The van der Waals surface area contributed by atoms with Crippen LogP contribution in [0.4, 0.5) is 5.69 Å². The predicted octanol–water partition coefficient (Wildman–Crippen LogP) is 0.811. The van der Waals surface area contributed by atoms with Crippen molar-refractivity contribution in [2.45, 2.75) is 19.9 Å². The Bertz CT molecular complexity index is 404. The maximum atomic E-state index is 11.8. The van der Waals surface area contributed by atoms with Gasteiger partial charge in [0.15, 0.2) is 0 Å². The molecule has 5 nitrogen and oxygen atoms in total. The molecule has 0 saturated carbocycles. The van der Waals surface area contributed by atoms with E-state index in [0.717, 1.165) is 18.7 Å². The van der Waals surface area contributed by atoms with Crippen LogP contribution in [0.1, 0.15) is 13.3 Å². The number of anilines is 1. The van der Waals surface area contributed by atoms with Crippen molar-refractivity contribution in [3.05, 3.63) is 21.0 Å². The summed E-state index contributed by atoms with van der Waals surface area (Å²) in [6.45, 7) is 3.91. The number of aryl methyl sites for hydroxylation is 1. The molecular weight excluding hydrogens is 272 g/mol. The van der Waals surface area contributed by atoms with E-state index in [2.05, 4.69) is 21.0 Å². The average Bonchev–Trinajstić information content (AvgIpc) is 2.29. The van der Waals surface area contributed by atoms with Gasteiger partial charge in [0.1, 0.15) is 4.47 Å². The molecule has 1 heterocycles. The van der Waals surface area contributed by atoms with Crippen LogP contribution in [0.25, 0.3) is 0 Å². The normalized spacial score (nSPS) is 10.5. The summed E-state index contributed by atoms with van der Waals surface area (Å²) in [5.74, 6) is 0. The van der Waals surface area contributed by atoms with E-state index in [1.807, 2.05) is 18.9 Å².